The molecule has 0 saturated carbocycles. The number of nitrogens with one attached hydrogen (secondary N) is 1. The number of rotatable bonds is 6. The number of sulfonamides is 1. The van der Waals surface area contributed by atoms with Crippen LogP contribution in [-0.4, -0.2) is 20.8 Å². The van der Waals surface area contributed by atoms with E-state index in [0.29, 0.717) is 11.4 Å². The first kappa shape index (κ1) is 16.7. The zero-order chi connectivity index (χ0) is 16.2. The van der Waals surface area contributed by atoms with Crippen molar-refractivity contribution in [2.75, 3.05) is 11.8 Å². The molecular formula is C16H19NO3S2. The van der Waals surface area contributed by atoms with Crippen LogP contribution in [0.3, 0.4) is 0 Å². The summed E-state index contributed by atoms with van der Waals surface area (Å²) >= 11 is 4.35. The van der Waals surface area contributed by atoms with Gasteiger partial charge in [0.2, 0.25) is 0 Å². The molecule has 2 aromatic carbocycles. The molecule has 0 bridgehead atoms. The maximum Gasteiger partial charge on any atom is 0.261 e. The molecule has 0 radical (unpaired) electrons. The third kappa shape index (κ3) is 4.42. The number of benzene rings is 2. The van der Waals surface area contributed by atoms with Gasteiger partial charge in [-0.15, -0.1) is 0 Å². The fourth-order valence-corrected chi connectivity index (χ4v) is 3.29. The van der Waals surface area contributed by atoms with Gasteiger partial charge in [0.1, 0.15) is 5.75 Å². The second kappa shape index (κ2) is 7.07. The number of hydrogen-bond donors (Lipinski definition) is 2. The summed E-state index contributed by atoms with van der Waals surface area (Å²) in [6.07, 6.45) is 0.842. The Kier molecular flexibility index (Phi) is 5.37. The zero-order valence-corrected chi connectivity index (χ0v) is 14.2. The number of thiol groups is 1. The molecule has 0 amide bonds. The molecule has 0 heterocycles. The van der Waals surface area contributed by atoms with Gasteiger partial charge in [0.25, 0.3) is 10.0 Å². The number of anilines is 1. The van der Waals surface area contributed by atoms with Crippen molar-refractivity contribution in [1.29, 1.82) is 0 Å². The van der Waals surface area contributed by atoms with E-state index in [2.05, 4.69) is 17.4 Å². The van der Waals surface area contributed by atoms with Crippen molar-refractivity contribution in [1.82, 2.24) is 0 Å². The van der Waals surface area contributed by atoms with Crippen molar-refractivity contribution in [3.63, 3.8) is 0 Å². The van der Waals surface area contributed by atoms with Crippen LogP contribution in [-0.2, 0) is 16.4 Å². The van der Waals surface area contributed by atoms with E-state index >= 15 is 0 Å². The van der Waals surface area contributed by atoms with Crippen LogP contribution in [0.25, 0.3) is 0 Å². The van der Waals surface area contributed by atoms with E-state index in [1.54, 1.807) is 24.3 Å². The first-order chi connectivity index (χ1) is 10.4. The Hall–Kier alpha value is -1.66. The highest BCUT2D eigenvalue weighted by Gasteiger charge is 2.14. The second-order valence-electron chi connectivity index (χ2n) is 5.03. The van der Waals surface area contributed by atoms with Crippen LogP contribution in [0.4, 0.5) is 5.69 Å². The molecule has 0 fully saturated rings. The lowest BCUT2D eigenvalue weighted by atomic mass is 10.1. The van der Waals surface area contributed by atoms with Gasteiger partial charge in [-0.1, -0.05) is 19.1 Å². The minimum Gasteiger partial charge on any atom is -0.497 e. The largest absolute Gasteiger partial charge is 0.497 e. The highest BCUT2D eigenvalue weighted by atomic mass is 32.2. The minimum atomic E-state index is -3.59. The number of methoxy groups -OCH3 is 1. The van der Waals surface area contributed by atoms with Crippen molar-refractivity contribution in [2.24, 2.45) is 0 Å². The molecule has 2 rings (SSSR count). The summed E-state index contributed by atoms with van der Waals surface area (Å²) in [4.78, 5) is 0.196. The Morgan fingerprint density at radius 3 is 2.18 bits per heavy atom. The third-order valence-electron chi connectivity index (χ3n) is 3.11. The van der Waals surface area contributed by atoms with Crippen LogP contribution in [0, 0.1) is 0 Å². The Bertz CT molecular complexity index is 708. The Morgan fingerprint density at radius 2 is 1.68 bits per heavy atom. The van der Waals surface area contributed by atoms with Crippen LogP contribution >= 0.6 is 12.6 Å². The molecule has 1 atom stereocenters. The van der Waals surface area contributed by atoms with E-state index in [9.17, 15) is 8.42 Å². The normalized spacial score (nSPS) is 12.7. The summed E-state index contributed by atoms with van der Waals surface area (Å²) in [5, 5.41) is 0.266. The van der Waals surface area contributed by atoms with Crippen molar-refractivity contribution in [3.8, 4) is 5.75 Å². The molecule has 0 saturated heterocycles. The molecule has 22 heavy (non-hydrogen) atoms. The van der Waals surface area contributed by atoms with Gasteiger partial charge in [0.15, 0.2) is 0 Å². The van der Waals surface area contributed by atoms with E-state index < -0.39 is 10.0 Å². The van der Waals surface area contributed by atoms with Gasteiger partial charge in [-0.25, -0.2) is 8.42 Å². The summed E-state index contributed by atoms with van der Waals surface area (Å²) in [6.45, 7) is 2.02. The summed E-state index contributed by atoms with van der Waals surface area (Å²) in [6, 6.07) is 13.6. The molecule has 1 N–H and O–H groups in total. The molecule has 0 aromatic heterocycles. The van der Waals surface area contributed by atoms with E-state index in [0.717, 1.165) is 12.0 Å². The summed E-state index contributed by atoms with van der Waals surface area (Å²) in [5.74, 6) is 0.615. The second-order valence-corrected chi connectivity index (χ2v) is 7.60. The first-order valence-corrected chi connectivity index (χ1v) is 8.84. The molecule has 0 spiro atoms. The average Bonchev–Trinajstić information content (AvgIpc) is 2.48. The van der Waals surface area contributed by atoms with Gasteiger partial charge >= 0.3 is 0 Å². The molecule has 0 aliphatic rings. The van der Waals surface area contributed by atoms with E-state index in [1.165, 1.54) is 19.2 Å². The molecule has 2 aromatic rings. The fourth-order valence-electron chi connectivity index (χ4n) is 2.02. The van der Waals surface area contributed by atoms with Crippen LogP contribution in [0.2, 0.25) is 0 Å². The molecule has 0 aliphatic carbocycles. The van der Waals surface area contributed by atoms with E-state index in [4.69, 9.17) is 4.74 Å². The fraction of sp³-hybridized carbons (Fsp3) is 0.250. The minimum absolute atomic E-state index is 0.196. The van der Waals surface area contributed by atoms with Gasteiger partial charge in [0.05, 0.1) is 12.0 Å². The van der Waals surface area contributed by atoms with Gasteiger partial charge < -0.3 is 4.74 Å². The molecule has 6 heteroatoms. The highest BCUT2D eigenvalue weighted by molar-refractivity contribution is 7.92. The monoisotopic (exact) mass is 337 g/mol. The Balaban J connectivity index is 2.13. The van der Waals surface area contributed by atoms with Crippen molar-refractivity contribution in [2.45, 2.75) is 23.5 Å². The van der Waals surface area contributed by atoms with Crippen molar-refractivity contribution in [3.05, 3.63) is 54.1 Å². The van der Waals surface area contributed by atoms with E-state index in [-0.39, 0.29) is 10.1 Å². The standard InChI is InChI=1S/C16H19NO3S2/c1-12(21)11-13-3-5-14(6-4-13)17-22(18,19)16-9-7-15(20-2)8-10-16/h3-10,12,17,21H,11H2,1-2H3. The average molecular weight is 337 g/mol. The molecule has 118 valence electrons. The predicted molar refractivity (Wildman–Crippen MR) is 92.4 cm³/mol. The lowest BCUT2D eigenvalue weighted by molar-refractivity contribution is 0.414. The highest BCUT2D eigenvalue weighted by Crippen LogP contribution is 2.20. The number of hydrogen-bond acceptors (Lipinski definition) is 4. The maximum atomic E-state index is 12.3. The molecular weight excluding hydrogens is 318 g/mol. The van der Waals surface area contributed by atoms with Crippen LogP contribution in [0.1, 0.15) is 12.5 Å². The quantitative estimate of drug-likeness (QED) is 0.795. The lowest BCUT2D eigenvalue weighted by Crippen LogP contribution is -2.12. The maximum absolute atomic E-state index is 12.3. The summed E-state index contributed by atoms with van der Waals surface area (Å²) in [5.41, 5.74) is 1.65. The Labute approximate surface area is 137 Å². The lowest BCUT2D eigenvalue weighted by Gasteiger charge is -2.10. The summed E-state index contributed by atoms with van der Waals surface area (Å²) < 4.78 is 32.2. The number of ether oxygens (including phenoxy) is 1. The van der Waals surface area contributed by atoms with Gasteiger partial charge in [-0.05, 0) is 48.4 Å². The first-order valence-electron chi connectivity index (χ1n) is 6.84. The van der Waals surface area contributed by atoms with Crippen LogP contribution in [0.15, 0.2) is 53.4 Å². The summed E-state index contributed by atoms with van der Waals surface area (Å²) in [7, 11) is -2.06. The Morgan fingerprint density at radius 1 is 1.09 bits per heavy atom. The van der Waals surface area contributed by atoms with E-state index in [1.807, 2.05) is 19.1 Å². The zero-order valence-electron chi connectivity index (χ0n) is 12.5. The molecule has 4 nitrogen and oxygen atoms in total. The van der Waals surface area contributed by atoms with Crippen LogP contribution in [0.5, 0.6) is 5.75 Å². The van der Waals surface area contributed by atoms with Crippen LogP contribution < -0.4 is 9.46 Å². The van der Waals surface area contributed by atoms with Gasteiger partial charge in [-0.3, -0.25) is 4.72 Å². The van der Waals surface area contributed by atoms with Gasteiger partial charge in [-0.2, -0.15) is 12.6 Å². The topological polar surface area (TPSA) is 55.4 Å². The van der Waals surface area contributed by atoms with Crippen molar-refractivity contribution >= 4 is 28.3 Å². The van der Waals surface area contributed by atoms with Gasteiger partial charge in [0, 0.05) is 10.9 Å². The SMILES string of the molecule is COc1ccc(S(=O)(=O)Nc2ccc(CC(C)S)cc2)cc1. The molecule has 0 aliphatic heterocycles. The predicted octanol–water partition coefficient (Wildman–Crippen LogP) is 3.36. The smallest absolute Gasteiger partial charge is 0.261 e. The third-order valence-corrected chi connectivity index (χ3v) is 4.69. The van der Waals surface area contributed by atoms with Crippen molar-refractivity contribution < 1.29 is 13.2 Å². The molecule has 1 unspecified atom stereocenters.